The highest BCUT2D eigenvalue weighted by Crippen LogP contribution is 2.23. The summed E-state index contributed by atoms with van der Waals surface area (Å²) in [6.45, 7) is 6.28. The highest BCUT2D eigenvalue weighted by atomic mass is 32.2. The second-order valence-corrected chi connectivity index (χ2v) is 7.11. The molecule has 0 aromatic heterocycles. The summed E-state index contributed by atoms with van der Waals surface area (Å²) in [6.07, 6.45) is 0. The van der Waals surface area contributed by atoms with Crippen LogP contribution in [0.1, 0.15) is 33.3 Å². The largest absolute Gasteiger partial charge is 0.389 e. The molecule has 2 N–H and O–H groups in total. The van der Waals surface area contributed by atoms with Gasteiger partial charge in [-0.3, -0.25) is 0 Å². The zero-order valence-electron chi connectivity index (χ0n) is 11.4. The van der Waals surface area contributed by atoms with Gasteiger partial charge in [-0.1, -0.05) is 0 Å². The normalized spacial score (nSPS) is 13.1. The molecule has 0 amide bonds. The van der Waals surface area contributed by atoms with Crippen molar-refractivity contribution in [2.75, 3.05) is 0 Å². The van der Waals surface area contributed by atoms with Crippen LogP contribution in [0.2, 0.25) is 0 Å². The Hall–Kier alpha value is -1.42. The molecule has 104 valence electrons. The van der Waals surface area contributed by atoms with E-state index in [4.69, 9.17) is 5.26 Å². The Morgan fingerprint density at radius 3 is 2.00 bits per heavy atom. The van der Waals surface area contributed by atoms with Gasteiger partial charge in [-0.25, -0.2) is 13.1 Å². The summed E-state index contributed by atoms with van der Waals surface area (Å²) in [4.78, 5) is 0.0591. The zero-order valence-corrected chi connectivity index (χ0v) is 12.2. The van der Waals surface area contributed by atoms with Gasteiger partial charge in [-0.15, -0.1) is 0 Å². The highest BCUT2D eigenvalue weighted by Gasteiger charge is 2.38. The molecule has 0 fully saturated rings. The van der Waals surface area contributed by atoms with Gasteiger partial charge < -0.3 is 5.11 Å². The summed E-state index contributed by atoms with van der Waals surface area (Å²) < 4.78 is 26.8. The minimum absolute atomic E-state index is 0.0591. The molecule has 0 atom stereocenters. The van der Waals surface area contributed by atoms with Crippen molar-refractivity contribution in [3.63, 3.8) is 0 Å². The van der Waals surface area contributed by atoms with Gasteiger partial charge in [0.1, 0.15) is 0 Å². The smallest absolute Gasteiger partial charge is 0.241 e. The number of aliphatic hydroxyl groups is 1. The molecule has 19 heavy (non-hydrogen) atoms. The molecule has 0 saturated carbocycles. The molecule has 0 spiro atoms. The predicted octanol–water partition coefficient (Wildman–Crippen LogP) is 1.39. The van der Waals surface area contributed by atoms with E-state index in [-0.39, 0.29) is 4.90 Å². The van der Waals surface area contributed by atoms with Gasteiger partial charge in [0, 0.05) is 0 Å². The Bertz CT molecular complexity index is 590. The fourth-order valence-electron chi connectivity index (χ4n) is 1.23. The first-order valence-electron chi connectivity index (χ1n) is 5.76. The number of nitrogens with one attached hydrogen (secondary N) is 1. The Morgan fingerprint density at radius 1 is 1.16 bits per heavy atom. The molecule has 0 bridgehead atoms. The number of hydrogen-bond acceptors (Lipinski definition) is 4. The number of rotatable bonds is 4. The van der Waals surface area contributed by atoms with Crippen LogP contribution < -0.4 is 4.72 Å². The number of nitrogens with zero attached hydrogens (tertiary/aromatic N) is 1. The SMILES string of the molecule is CC(C)(O)C(C)(C)NS(=O)(=O)c1ccc(C#N)cc1. The van der Waals surface area contributed by atoms with Crippen LogP contribution in [0.3, 0.4) is 0 Å². The summed E-state index contributed by atoms with van der Waals surface area (Å²) in [5.74, 6) is 0. The van der Waals surface area contributed by atoms with E-state index in [0.717, 1.165) is 0 Å². The topological polar surface area (TPSA) is 90.2 Å². The molecule has 1 aromatic rings. The van der Waals surface area contributed by atoms with E-state index in [9.17, 15) is 13.5 Å². The molecule has 0 aliphatic rings. The first kappa shape index (κ1) is 15.6. The summed E-state index contributed by atoms with van der Waals surface area (Å²) in [5, 5.41) is 18.6. The highest BCUT2D eigenvalue weighted by molar-refractivity contribution is 7.89. The van der Waals surface area contributed by atoms with Crippen LogP contribution in [-0.2, 0) is 10.0 Å². The average molecular weight is 282 g/mol. The lowest BCUT2D eigenvalue weighted by Gasteiger charge is -2.37. The molecule has 0 unspecified atom stereocenters. The molecular formula is C13H18N2O3S. The second-order valence-electron chi connectivity index (χ2n) is 5.43. The monoisotopic (exact) mass is 282 g/mol. The zero-order chi connectivity index (χ0) is 14.9. The standard InChI is InChI=1S/C13H18N2O3S/c1-12(2,13(3,4)16)15-19(17,18)11-7-5-10(9-14)6-8-11/h5-8,15-16H,1-4H3. The molecule has 1 rings (SSSR count). The third kappa shape index (κ3) is 3.53. The summed E-state index contributed by atoms with van der Waals surface area (Å²) in [7, 11) is -3.75. The lowest BCUT2D eigenvalue weighted by atomic mass is 9.87. The molecular weight excluding hydrogens is 264 g/mol. The van der Waals surface area contributed by atoms with Crippen molar-refractivity contribution in [1.29, 1.82) is 5.26 Å². The number of sulfonamides is 1. The molecule has 0 radical (unpaired) electrons. The fraction of sp³-hybridized carbons (Fsp3) is 0.462. The lowest BCUT2D eigenvalue weighted by Crippen LogP contribution is -2.57. The molecule has 1 aromatic carbocycles. The van der Waals surface area contributed by atoms with Gasteiger partial charge in [0.05, 0.1) is 27.7 Å². The maximum Gasteiger partial charge on any atom is 0.241 e. The van der Waals surface area contributed by atoms with Crippen molar-refractivity contribution in [3.8, 4) is 6.07 Å². The lowest BCUT2D eigenvalue weighted by molar-refractivity contribution is 0.00639. The van der Waals surface area contributed by atoms with Gasteiger partial charge in [0.25, 0.3) is 0 Å². The Kier molecular flexibility index (Phi) is 4.06. The molecule has 0 saturated heterocycles. The van der Waals surface area contributed by atoms with Crippen molar-refractivity contribution in [2.45, 2.75) is 43.7 Å². The van der Waals surface area contributed by atoms with E-state index >= 15 is 0 Å². The third-order valence-corrected chi connectivity index (χ3v) is 4.88. The van der Waals surface area contributed by atoms with E-state index in [1.54, 1.807) is 13.8 Å². The number of nitriles is 1. The summed E-state index contributed by atoms with van der Waals surface area (Å²) in [6, 6.07) is 7.52. The van der Waals surface area contributed by atoms with Crippen LogP contribution in [0.4, 0.5) is 0 Å². The van der Waals surface area contributed by atoms with Crippen molar-refractivity contribution in [1.82, 2.24) is 4.72 Å². The average Bonchev–Trinajstić information content (AvgIpc) is 2.26. The first-order chi connectivity index (χ1) is 8.49. The minimum atomic E-state index is -3.75. The Morgan fingerprint density at radius 2 is 1.63 bits per heavy atom. The van der Waals surface area contributed by atoms with Gasteiger partial charge in [0.15, 0.2) is 0 Å². The van der Waals surface area contributed by atoms with E-state index in [2.05, 4.69) is 4.72 Å². The van der Waals surface area contributed by atoms with E-state index < -0.39 is 21.2 Å². The first-order valence-corrected chi connectivity index (χ1v) is 7.24. The third-order valence-electron chi connectivity index (χ3n) is 3.21. The summed E-state index contributed by atoms with van der Waals surface area (Å²) >= 11 is 0. The van der Waals surface area contributed by atoms with E-state index in [1.165, 1.54) is 38.1 Å². The quantitative estimate of drug-likeness (QED) is 0.873. The maximum atomic E-state index is 12.2. The van der Waals surface area contributed by atoms with Gasteiger partial charge in [-0.2, -0.15) is 5.26 Å². The van der Waals surface area contributed by atoms with E-state index in [1.807, 2.05) is 6.07 Å². The summed E-state index contributed by atoms with van der Waals surface area (Å²) in [5.41, 5.74) is -1.85. The van der Waals surface area contributed by atoms with Crippen molar-refractivity contribution < 1.29 is 13.5 Å². The van der Waals surface area contributed by atoms with Gasteiger partial charge in [-0.05, 0) is 52.0 Å². The Labute approximate surface area is 113 Å². The van der Waals surface area contributed by atoms with Crippen molar-refractivity contribution in [3.05, 3.63) is 29.8 Å². The number of benzene rings is 1. The van der Waals surface area contributed by atoms with Crippen LogP contribution >= 0.6 is 0 Å². The van der Waals surface area contributed by atoms with Gasteiger partial charge >= 0.3 is 0 Å². The van der Waals surface area contributed by atoms with Crippen molar-refractivity contribution in [2.24, 2.45) is 0 Å². The van der Waals surface area contributed by atoms with Crippen LogP contribution in [0.25, 0.3) is 0 Å². The fourth-order valence-corrected chi connectivity index (χ4v) is 2.76. The molecule has 0 aliphatic carbocycles. The molecule has 0 aliphatic heterocycles. The molecule has 0 heterocycles. The Balaban J connectivity index is 3.09. The van der Waals surface area contributed by atoms with E-state index in [0.29, 0.717) is 5.56 Å². The molecule has 5 nitrogen and oxygen atoms in total. The van der Waals surface area contributed by atoms with Crippen molar-refractivity contribution >= 4 is 10.0 Å². The van der Waals surface area contributed by atoms with Crippen LogP contribution in [-0.4, -0.2) is 24.7 Å². The van der Waals surface area contributed by atoms with Gasteiger partial charge in [0.2, 0.25) is 10.0 Å². The second kappa shape index (κ2) is 4.93. The van der Waals surface area contributed by atoms with Crippen LogP contribution in [0.15, 0.2) is 29.2 Å². The van der Waals surface area contributed by atoms with Crippen LogP contribution in [0.5, 0.6) is 0 Å². The molecule has 6 heteroatoms. The number of hydrogen-bond donors (Lipinski definition) is 2. The van der Waals surface area contributed by atoms with Crippen LogP contribution in [0, 0.1) is 11.3 Å². The predicted molar refractivity (Wildman–Crippen MR) is 71.9 cm³/mol. The maximum absolute atomic E-state index is 12.2. The minimum Gasteiger partial charge on any atom is -0.389 e.